The molecule has 1 aliphatic heterocycles. The quantitative estimate of drug-likeness (QED) is 0.489. The predicted molar refractivity (Wildman–Crippen MR) is 74.0 cm³/mol. The Morgan fingerprint density at radius 3 is 3.00 bits per heavy atom. The summed E-state index contributed by atoms with van der Waals surface area (Å²) in [5.74, 6) is -0.0747. The lowest BCUT2D eigenvalue weighted by atomic mass is 10.1. The number of benzene rings is 1. The van der Waals surface area contributed by atoms with Crippen molar-refractivity contribution < 1.29 is 19.6 Å². The van der Waals surface area contributed by atoms with Gasteiger partial charge in [-0.25, -0.2) is 0 Å². The van der Waals surface area contributed by atoms with E-state index in [1.165, 1.54) is 18.2 Å². The van der Waals surface area contributed by atoms with Crippen molar-refractivity contribution in [3.05, 3.63) is 34.4 Å². The van der Waals surface area contributed by atoms with Gasteiger partial charge in [-0.3, -0.25) is 14.9 Å². The highest BCUT2D eigenvalue weighted by molar-refractivity contribution is 5.77. The number of carbonyl (C=O) groups is 1. The summed E-state index contributed by atoms with van der Waals surface area (Å²) in [6.45, 7) is 1.33. The Balaban J connectivity index is 1.76. The van der Waals surface area contributed by atoms with Gasteiger partial charge in [0.25, 0.3) is 11.6 Å². The molecule has 0 saturated carbocycles. The van der Waals surface area contributed by atoms with Crippen molar-refractivity contribution in [1.82, 2.24) is 10.6 Å². The molecule has 2 unspecified atom stereocenters. The number of non-ortho nitro benzene ring substituents is 1. The van der Waals surface area contributed by atoms with Crippen molar-refractivity contribution in [1.29, 1.82) is 0 Å². The zero-order valence-electron chi connectivity index (χ0n) is 11.3. The van der Waals surface area contributed by atoms with Crippen LogP contribution < -0.4 is 15.4 Å². The minimum atomic E-state index is -0.526. The van der Waals surface area contributed by atoms with Crippen LogP contribution >= 0.6 is 0 Å². The van der Waals surface area contributed by atoms with Crippen molar-refractivity contribution in [3.8, 4) is 5.75 Å². The highest BCUT2D eigenvalue weighted by atomic mass is 16.6. The lowest BCUT2D eigenvalue weighted by Crippen LogP contribution is -2.36. The van der Waals surface area contributed by atoms with E-state index in [-0.39, 0.29) is 29.9 Å². The first kappa shape index (κ1) is 15.2. The van der Waals surface area contributed by atoms with Crippen LogP contribution in [0.1, 0.15) is 0 Å². The van der Waals surface area contributed by atoms with Gasteiger partial charge in [0.2, 0.25) is 0 Å². The molecule has 3 N–H and O–H groups in total. The molecular formula is C13H17N3O5. The van der Waals surface area contributed by atoms with E-state index in [9.17, 15) is 20.0 Å². The van der Waals surface area contributed by atoms with E-state index in [1.807, 2.05) is 0 Å². The summed E-state index contributed by atoms with van der Waals surface area (Å²) in [5, 5.41) is 25.9. The van der Waals surface area contributed by atoms with Gasteiger partial charge in [0.05, 0.1) is 17.1 Å². The second kappa shape index (κ2) is 7.00. The van der Waals surface area contributed by atoms with Gasteiger partial charge in [0.1, 0.15) is 5.75 Å². The highest BCUT2D eigenvalue weighted by Gasteiger charge is 2.24. The molecule has 2 atom stereocenters. The Morgan fingerprint density at radius 1 is 1.52 bits per heavy atom. The molecule has 21 heavy (non-hydrogen) atoms. The first-order chi connectivity index (χ1) is 10.1. The van der Waals surface area contributed by atoms with Crippen LogP contribution in [0.4, 0.5) is 5.69 Å². The fraction of sp³-hybridized carbons (Fsp3) is 0.462. The molecule has 114 valence electrons. The number of nitro groups is 1. The normalized spacial score (nSPS) is 21.0. The molecule has 1 fully saturated rings. The molecule has 1 saturated heterocycles. The lowest BCUT2D eigenvalue weighted by Gasteiger charge is -2.14. The number of rotatable bonds is 6. The van der Waals surface area contributed by atoms with Gasteiger partial charge in [0, 0.05) is 31.6 Å². The molecule has 1 aliphatic rings. The van der Waals surface area contributed by atoms with Gasteiger partial charge in [-0.1, -0.05) is 6.07 Å². The van der Waals surface area contributed by atoms with Gasteiger partial charge < -0.3 is 20.5 Å². The van der Waals surface area contributed by atoms with E-state index < -0.39 is 11.0 Å². The molecule has 0 spiro atoms. The molecule has 2 rings (SSSR count). The summed E-state index contributed by atoms with van der Waals surface area (Å²) in [5.41, 5.74) is -0.0898. The van der Waals surface area contributed by atoms with Gasteiger partial charge >= 0.3 is 0 Å². The Bertz CT molecular complexity index is 522. The third-order valence-electron chi connectivity index (χ3n) is 3.26. The van der Waals surface area contributed by atoms with Crippen LogP contribution in [0, 0.1) is 16.0 Å². The molecule has 0 radical (unpaired) electrons. The largest absolute Gasteiger partial charge is 0.484 e. The first-order valence-corrected chi connectivity index (χ1v) is 6.59. The molecular weight excluding hydrogens is 278 g/mol. The molecule has 1 heterocycles. The molecule has 1 aromatic carbocycles. The number of nitro benzene ring substituents is 1. The monoisotopic (exact) mass is 295 g/mol. The third-order valence-corrected chi connectivity index (χ3v) is 3.26. The molecule has 8 heteroatoms. The van der Waals surface area contributed by atoms with Crippen LogP contribution in [0.5, 0.6) is 5.75 Å². The van der Waals surface area contributed by atoms with Crippen LogP contribution in [-0.4, -0.2) is 48.3 Å². The highest BCUT2D eigenvalue weighted by Crippen LogP contribution is 2.18. The van der Waals surface area contributed by atoms with Gasteiger partial charge in [-0.2, -0.15) is 0 Å². The first-order valence-electron chi connectivity index (χ1n) is 6.59. The van der Waals surface area contributed by atoms with Crippen LogP contribution in [0.3, 0.4) is 0 Å². The molecule has 0 aromatic heterocycles. The fourth-order valence-corrected chi connectivity index (χ4v) is 2.06. The third kappa shape index (κ3) is 4.40. The van der Waals surface area contributed by atoms with E-state index in [1.54, 1.807) is 6.07 Å². The van der Waals surface area contributed by atoms with Crippen molar-refractivity contribution in [2.24, 2.45) is 5.92 Å². The molecule has 0 aliphatic carbocycles. The summed E-state index contributed by atoms with van der Waals surface area (Å²) >= 11 is 0. The Morgan fingerprint density at radius 2 is 2.33 bits per heavy atom. The zero-order chi connectivity index (χ0) is 15.2. The standard InChI is InChI=1S/C13H17N3O5/c17-12-7-14-5-9(12)6-15-13(18)8-21-11-3-1-2-10(4-11)16(19)20/h1-4,9,12,14,17H,5-8H2,(H,15,18). The molecule has 0 bridgehead atoms. The maximum absolute atomic E-state index is 11.6. The molecule has 1 amide bonds. The number of carbonyl (C=O) groups excluding carboxylic acids is 1. The number of hydrogen-bond donors (Lipinski definition) is 3. The minimum Gasteiger partial charge on any atom is -0.484 e. The van der Waals surface area contributed by atoms with Crippen molar-refractivity contribution >= 4 is 11.6 Å². The van der Waals surface area contributed by atoms with Gasteiger partial charge in [-0.05, 0) is 6.07 Å². The van der Waals surface area contributed by atoms with Crippen LogP contribution in [0.25, 0.3) is 0 Å². The zero-order valence-corrected chi connectivity index (χ0v) is 11.3. The summed E-state index contributed by atoms with van der Waals surface area (Å²) in [6.07, 6.45) is -0.456. The Hall–Kier alpha value is -2.19. The minimum absolute atomic E-state index is 0.00763. The SMILES string of the molecule is O=C(COc1cccc([N+](=O)[O-])c1)NCC1CNCC1O. The van der Waals surface area contributed by atoms with E-state index in [2.05, 4.69) is 10.6 Å². The Labute approximate surface area is 121 Å². The number of hydrogen-bond acceptors (Lipinski definition) is 6. The smallest absolute Gasteiger partial charge is 0.273 e. The fourth-order valence-electron chi connectivity index (χ4n) is 2.06. The lowest BCUT2D eigenvalue weighted by molar-refractivity contribution is -0.384. The number of amides is 1. The predicted octanol–water partition coefficient (Wildman–Crippen LogP) is -0.330. The summed E-state index contributed by atoms with van der Waals surface area (Å²) in [6, 6.07) is 5.65. The summed E-state index contributed by atoms with van der Waals surface area (Å²) in [7, 11) is 0. The van der Waals surface area contributed by atoms with Crippen LogP contribution in [0.2, 0.25) is 0 Å². The number of aliphatic hydroxyl groups excluding tert-OH is 1. The van der Waals surface area contributed by atoms with Crippen LogP contribution in [0.15, 0.2) is 24.3 Å². The topological polar surface area (TPSA) is 114 Å². The average Bonchev–Trinajstić information content (AvgIpc) is 2.88. The number of ether oxygens (including phenoxy) is 1. The van der Waals surface area contributed by atoms with E-state index in [0.717, 1.165) is 0 Å². The van der Waals surface area contributed by atoms with Gasteiger partial charge in [0.15, 0.2) is 6.61 Å². The summed E-state index contributed by atoms with van der Waals surface area (Å²) < 4.78 is 5.21. The van der Waals surface area contributed by atoms with Crippen molar-refractivity contribution in [2.45, 2.75) is 6.10 Å². The van der Waals surface area contributed by atoms with E-state index in [4.69, 9.17) is 4.74 Å². The second-order valence-electron chi connectivity index (χ2n) is 4.83. The van der Waals surface area contributed by atoms with Crippen molar-refractivity contribution in [2.75, 3.05) is 26.2 Å². The number of β-amino-alcohol motifs (C(OH)–C–C–N with tert-alkyl or cyclic N) is 1. The average molecular weight is 295 g/mol. The number of nitrogens with one attached hydrogen (secondary N) is 2. The second-order valence-corrected chi connectivity index (χ2v) is 4.83. The molecule has 1 aromatic rings. The molecule has 8 nitrogen and oxygen atoms in total. The van der Waals surface area contributed by atoms with E-state index >= 15 is 0 Å². The van der Waals surface area contributed by atoms with Gasteiger partial charge in [-0.15, -0.1) is 0 Å². The Kier molecular flexibility index (Phi) is 5.07. The van der Waals surface area contributed by atoms with Crippen LogP contribution in [-0.2, 0) is 4.79 Å². The summed E-state index contributed by atoms with van der Waals surface area (Å²) in [4.78, 5) is 21.7. The maximum atomic E-state index is 11.6. The van der Waals surface area contributed by atoms with Crippen molar-refractivity contribution in [3.63, 3.8) is 0 Å². The number of aliphatic hydroxyl groups is 1. The maximum Gasteiger partial charge on any atom is 0.273 e. The number of nitrogens with zero attached hydrogens (tertiary/aromatic N) is 1. The van der Waals surface area contributed by atoms with E-state index in [0.29, 0.717) is 19.6 Å².